The van der Waals surface area contributed by atoms with Crippen LogP contribution in [0.3, 0.4) is 0 Å². The van der Waals surface area contributed by atoms with Gasteiger partial charge in [0.2, 0.25) is 5.91 Å². The van der Waals surface area contributed by atoms with Gasteiger partial charge >= 0.3 is 12.1 Å². The number of rotatable bonds is 6. The normalized spacial score (nSPS) is 14.6. The molecule has 10 heteroatoms. The van der Waals surface area contributed by atoms with E-state index in [1.807, 2.05) is 30.3 Å². The van der Waals surface area contributed by atoms with Crippen LogP contribution < -0.4 is 16.4 Å². The minimum absolute atomic E-state index is 0.0174. The zero-order valence-corrected chi connectivity index (χ0v) is 18.1. The molecule has 4 rings (SSSR count). The Bertz CT molecular complexity index is 1230. The zero-order valence-electron chi connectivity index (χ0n) is 18.1. The molecule has 0 saturated carbocycles. The van der Waals surface area contributed by atoms with Crippen molar-refractivity contribution in [3.8, 4) is 0 Å². The molecule has 2 aromatic carbocycles. The lowest BCUT2D eigenvalue weighted by Crippen LogP contribution is -2.33. The van der Waals surface area contributed by atoms with Gasteiger partial charge in [0.25, 0.3) is 5.91 Å². The Morgan fingerprint density at radius 3 is 2.58 bits per heavy atom. The van der Waals surface area contributed by atoms with Crippen LogP contribution in [0.1, 0.15) is 34.6 Å². The Labute approximate surface area is 189 Å². The number of amides is 6. The van der Waals surface area contributed by atoms with E-state index in [1.54, 1.807) is 13.0 Å². The first-order valence-electron chi connectivity index (χ1n) is 10.3. The van der Waals surface area contributed by atoms with Crippen molar-refractivity contribution in [2.24, 2.45) is 5.73 Å². The van der Waals surface area contributed by atoms with E-state index >= 15 is 0 Å². The number of primary amides is 1. The maximum Gasteiger partial charge on any atom is 0.327 e. The van der Waals surface area contributed by atoms with E-state index in [1.165, 1.54) is 24.1 Å². The van der Waals surface area contributed by atoms with Crippen molar-refractivity contribution in [1.29, 1.82) is 0 Å². The van der Waals surface area contributed by atoms with Crippen molar-refractivity contribution in [1.82, 2.24) is 15.1 Å². The van der Waals surface area contributed by atoms with E-state index in [0.717, 1.165) is 10.3 Å². The first-order valence-corrected chi connectivity index (χ1v) is 10.3. The minimum Gasteiger partial charge on any atom is -0.459 e. The molecule has 3 aromatic rings. The van der Waals surface area contributed by atoms with Gasteiger partial charge < -0.3 is 25.7 Å². The van der Waals surface area contributed by atoms with Crippen LogP contribution >= 0.6 is 0 Å². The molecule has 2 heterocycles. The van der Waals surface area contributed by atoms with Crippen LogP contribution in [0.2, 0.25) is 0 Å². The van der Waals surface area contributed by atoms with Gasteiger partial charge in [-0.2, -0.15) is 0 Å². The molecule has 1 aromatic heterocycles. The monoisotopic (exact) mass is 449 g/mol. The van der Waals surface area contributed by atoms with Crippen molar-refractivity contribution in [3.63, 3.8) is 0 Å². The highest BCUT2D eigenvalue weighted by molar-refractivity contribution is 6.02. The largest absolute Gasteiger partial charge is 0.459 e. The average molecular weight is 449 g/mol. The van der Waals surface area contributed by atoms with Crippen LogP contribution in [0.4, 0.5) is 15.3 Å². The lowest BCUT2D eigenvalue weighted by atomic mass is 10.1. The smallest absolute Gasteiger partial charge is 0.327 e. The first-order chi connectivity index (χ1) is 15.7. The number of nitrogens with zero attached hydrogens (tertiary/aromatic N) is 2. The molecule has 1 unspecified atom stereocenters. The van der Waals surface area contributed by atoms with Crippen LogP contribution in [0.5, 0.6) is 0 Å². The third-order valence-electron chi connectivity index (χ3n) is 5.42. The topological polar surface area (TPSA) is 138 Å². The summed E-state index contributed by atoms with van der Waals surface area (Å²) in [6, 6.07) is 12.4. The molecular formula is C23H23N5O5. The van der Waals surface area contributed by atoms with Crippen LogP contribution in [-0.4, -0.2) is 47.3 Å². The van der Waals surface area contributed by atoms with E-state index in [4.69, 9.17) is 10.2 Å². The summed E-state index contributed by atoms with van der Waals surface area (Å²) in [5, 5.41) is 6.40. The van der Waals surface area contributed by atoms with Gasteiger partial charge in [0, 0.05) is 23.7 Å². The minimum atomic E-state index is -0.672. The molecule has 0 bridgehead atoms. The molecule has 4 N–H and O–H groups in total. The van der Waals surface area contributed by atoms with Crippen molar-refractivity contribution in [3.05, 3.63) is 65.4 Å². The highest BCUT2D eigenvalue weighted by Crippen LogP contribution is 2.25. The SMILES string of the molecule is CC(NC(=O)Nc1cc(C(N)=O)ccc1CN1C(=O)CN(C)C1=O)c1cc2ccccc2o1. The highest BCUT2D eigenvalue weighted by atomic mass is 16.3. The number of urea groups is 2. The van der Waals surface area contributed by atoms with Gasteiger partial charge in [0.1, 0.15) is 17.9 Å². The molecule has 1 saturated heterocycles. The number of nitrogens with one attached hydrogen (secondary N) is 2. The van der Waals surface area contributed by atoms with Gasteiger partial charge in [-0.3, -0.25) is 14.5 Å². The van der Waals surface area contributed by atoms with E-state index in [2.05, 4.69) is 10.6 Å². The molecule has 1 aliphatic heterocycles. The van der Waals surface area contributed by atoms with Crippen LogP contribution in [-0.2, 0) is 11.3 Å². The summed E-state index contributed by atoms with van der Waals surface area (Å²) in [4.78, 5) is 51.2. The van der Waals surface area contributed by atoms with Crippen LogP contribution in [0, 0.1) is 0 Å². The van der Waals surface area contributed by atoms with Gasteiger partial charge in [-0.1, -0.05) is 24.3 Å². The maximum absolute atomic E-state index is 12.7. The van der Waals surface area contributed by atoms with E-state index in [9.17, 15) is 19.2 Å². The molecule has 33 heavy (non-hydrogen) atoms. The fourth-order valence-electron chi connectivity index (χ4n) is 3.62. The van der Waals surface area contributed by atoms with E-state index in [-0.39, 0.29) is 30.2 Å². The predicted molar refractivity (Wildman–Crippen MR) is 120 cm³/mol. The number of carbonyl (C=O) groups excluding carboxylic acids is 4. The Balaban J connectivity index is 1.53. The lowest BCUT2D eigenvalue weighted by Gasteiger charge is -2.19. The van der Waals surface area contributed by atoms with Gasteiger partial charge in [-0.25, -0.2) is 9.59 Å². The van der Waals surface area contributed by atoms with Crippen LogP contribution in [0.15, 0.2) is 52.9 Å². The van der Waals surface area contributed by atoms with E-state index < -0.39 is 24.0 Å². The summed E-state index contributed by atoms with van der Waals surface area (Å²) >= 11 is 0. The Morgan fingerprint density at radius 2 is 1.91 bits per heavy atom. The van der Waals surface area contributed by atoms with Gasteiger partial charge in [-0.05, 0) is 36.8 Å². The lowest BCUT2D eigenvalue weighted by molar-refractivity contribution is -0.125. The molecule has 1 aliphatic rings. The molecule has 0 aliphatic carbocycles. The van der Waals surface area contributed by atoms with Crippen molar-refractivity contribution in [2.45, 2.75) is 19.5 Å². The molecular weight excluding hydrogens is 426 g/mol. The number of para-hydroxylation sites is 1. The summed E-state index contributed by atoms with van der Waals surface area (Å²) in [6.07, 6.45) is 0. The third-order valence-corrected chi connectivity index (χ3v) is 5.42. The van der Waals surface area contributed by atoms with Crippen molar-refractivity contribution in [2.75, 3.05) is 18.9 Å². The molecule has 170 valence electrons. The second-order valence-electron chi connectivity index (χ2n) is 7.86. The molecule has 0 spiro atoms. The third kappa shape index (κ3) is 4.49. The quantitative estimate of drug-likeness (QED) is 0.497. The second-order valence-corrected chi connectivity index (χ2v) is 7.86. The number of anilines is 1. The Morgan fingerprint density at radius 1 is 1.15 bits per heavy atom. The number of furan rings is 1. The fourth-order valence-corrected chi connectivity index (χ4v) is 3.62. The number of likely N-dealkylation sites (N-methyl/N-ethyl adjacent to an activating group) is 1. The second kappa shape index (κ2) is 8.65. The van der Waals surface area contributed by atoms with E-state index in [0.29, 0.717) is 16.9 Å². The summed E-state index contributed by atoms with van der Waals surface area (Å²) in [5.74, 6) is -0.446. The first kappa shape index (κ1) is 21.9. The molecule has 10 nitrogen and oxygen atoms in total. The van der Waals surface area contributed by atoms with Crippen LogP contribution in [0.25, 0.3) is 11.0 Å². The number of hydrogen-bond acceptors (Lipinski definition) is 5. The number of benzene rings is 2. The summed E-state index contributed by atoms with van der Waals surface area (Å²) in [5.41, 5.74) is 7.00. The van der Waals surface area contributed by atoms with Crippen molar-refractivity contribution < 1.29 is 23.6 Å². The number of hydrogen-bond donors (Lipinski definition) is 3. The van der Waals surface area contributed by atoms with Gasteiger partial charge in [0.05, 0.1) is 12.6 Å². The molecule has 1 fully saturated rings. The highest BCUT2D eigenvalue weighted by Gasteiger charge is 2.34. The summed E-state index contributed by atoms with van der Waals surface area (Å²) in [7, 11) is 1.53. The predicted octanol–water partition coefficient (Wildman–Crippen LogP) is 2.81. The molecule has 6 amide bonds. The number of nitrogens with two attached hydrogens (primary N) is 1. The van der Waals surface area contributed by atoms with Gasteiger partial charge in [-0.15, -0.1) is 0 Å². The Hall–Kier alpha value is -4.34. The number of fused-ring (bicyclic) bond motifs is 1. The molecule has 0 radical (unpaired) electrons. The summed E-state index contributed by atoms with van der Waals surface area (Å²) < 4.78 is 5.79. The number of imide groups is 1. The molecule has 1 atom stereocenters. The van der Waals surface area contributed by atoms with Gasteiger partial charge in [0.15, 0.2) is 0 Å². The number of carbonyl (C=O) groups is 4. The average Bonchev–Trinajstić information content (AvgIpc) is 3.31. The maximum atomic E-state index is 12.7. The summed E-state index contributed by atoms with van der Waals surface area (Å²) in [6.45, 7) is 1.70. The van der Waals surface area contributed by atoms with Crippen molar-refractivity contribution >= 4 is 40.5 Å². The Kier molecular flexibility index (Phi) is 5.74. The zero-order chi connectivity index (χ0) is 23.7. The standard InChI is InChI=1S/C23H23N5O5/c1-13(19-10-14-5-3-4-6-18(14)33-19)25-22(31)26-17-9-15(21(24)30)7-8-16(17)11-28-20(29)12-27(2)23(28)32/h3-10,13H,11-12H2,1-2H3,(H2,24,30)(H2,25,26,31). The fraction of sp³-hybridized carbons (Fsp3) is 0.217.